The van der Waals surface area contributed by atoms with Crippen molar-refractivity contribution in [3.8, 4) is 0 Å². The summed E-state index contributed by atoms with van der Waals surface area (Å²) in [5.41, 5.74) is 0.652. The van der Waals surface area contributed by atoms with E-state index in [0.717, 1.165) is 5.92 Å². The Kier molecular flexibility index (Phi) is 1.71. The summed E-state index contributed by atoms with van der Waals surface area (Å²) in [4.78, 5) is 2.73. The van der Waals surface area contributed by atoms with Crippen LogP contribution in [0.25, 0.3) is 0 Å². The molecule has 2 aliphatic heterocycles. The van der Waals surface area contributed by atoms with Crippen molar-refractivity contribution in [3.05, 3.63) is 0 Å². The summed E-state index contributed by atoms with van der Waals surface area (Å²) in [6, 6.07) is 0. The Morgan fingerprint density at radius 3 is 3.00 bits per heavy atom. The predicted octanol–water partition coefficient (Wildman–Crippen LogP) is 2.27. The number of nitrogens with zero attached hydrogens (tertiary/aromatic N) is 1. The third-order valence-electron chi connectivity index (χ3n) is 3.66. The molecule has 11 heavy (non-hydrogen) atoms. The van der Waals surface area contributed by atoms with E-state index in [2.05, 4.69) is 18.7 Å². The molecular formula is C10H19N. The van der Waals surface area contributed by atoms with Gasteiger partial charge in [-0.3, -0.25) is 4.90 Å². The molecule has 0 aliphatic carbocycles. The van der Waals surface area contributed by atoms with E-state index >= 15 is 0 Å². The van der Waals surface area contributed by atoms with Crippen LogP contribution in [0.15, 0.2) is 0 Å². The van der Waals surface area contributed by atoms with Gasteiger partial charge in [0.2, 0.25) is 0 Å². The van der Waals surface area contributed by atoms with Crippen LogP contribution in [-0.4, -0.2) is 23.5 Å². The molecule has 1 heteroatoms. The maximum atomic E-state index is 2.73. The van der Waals surface area contributed by atoms with Crippen molar-refractivity contribution >= 4 is 0 Å². The lowest BCUT2D eigenvalue weighted by molar-refractivity contribution is 0.189. The Morgan fingerprint density at radius 2 is 2.36 bits per heavy atom. The van der Waals surface area contributed by atoms with Crippen molar-refractivity contribution in [3.63, 3.8) is 0 Å². The zero-order chi connectivity index (χ0) is 7.90. The second kappa shape index (κ2) is 2.48. The molecule has 2 saturated heterocycles. The van der Waals surface area contributed by atoms with E-state index in [1.54, 1.807) is 0 Å². The molecule has 0 saturated carbocycles. The standard InChI is InChI=1S/C10H19N/c1-3-10-5-4-6-11(10)8-9(2)7-10/h9H,3-8H2,1-2H3/t9-,10+/m1/s1. The average molecular weight is 153 g/mol. The highest BCUT2D eigenvalue weighted by molar-refractivity contribution is 5.01. The molecule has 0 bridgehead atoms. The van der Waals surface area contributed by atoms with Crippen molar-refractivity contribution < 1.29 is 0 Å². The van der Waals surface area contributed by atoms with Gasteiger partial charge in [-0.1, -0.05) is 13.8 Å². The van der Waals surface area contributed by atoms with Crippen molar-refractivity contribution in [1.82, 2.24) is 4.90 Å². The highest BCUT2D eigenvalue weighted by Gasteiger charge is 2.45. The van der Waals surface area contributed by atoms with Crippen molar-refractivity contribution in [2.45, 2.75) is 45.1 Å². The van der Waals surface area contributed by atoms with Crippen LogP contribution in [0.1, 0.15) is 39.5 Å². The molecule has 2 heterocycles. The Balaban J connectivity index is 2.15. The zero-order valence-corrected chi connectivity index (χ0v) is 7.77. The molecule has 2 atom stereocenters. The Labute approximate surface area is 69.8 Å². The van der Waals surface area contributed by atoms with E-state index in [1.165, 1.54) is 38.8 Å². The van der Waals surface area contributed by atoms with Gasteiger partial charge in [0.1, 0.15) is 0 Å². The smallest absolute Gasteiger partial charge is 0.0210 e. The molecule has 0 unspecified atom stereocenters. The molecule has 0 amide bonds. The molecule has 2 fully saturated rings. The van der Waals surface area contributed by atoms with Gasteiger partial charge in [-0.15, -0.1) is 0 Å². The normalized spacial score (nSPS) is 44.7. The maximum absolute atomic E-state index is 2.73. The molecule has 0 aromatic rings. The largest absolute Gasteiger partial charge is 0.297 e. The predicted molar refractivity (Wildman–Crippen MR) is 47.6 cm³/mol. The fraction of sp³-hybridized carbons (Fsp3) is 1.00. The van der Waals surface area contributed by atoms with E-state index in [1.807, 2.05) is 0 Å². The summed E-state index contributed by atoms with van der Waals surface area (Å²) >= 11 is 0. The van der Waals surface area contributed by atoms with E-state index < -0.39 is 0 Å². The lowest BCUT2D eigenvalue weighted by Crippen LogP contribution is -2.37. The number of hydrogen-bond donors (Lipinski definition) is 0. The second-order valence-corrected chi connectivity index (χ2v) is 4.44. The monoisotopic (exact) mass is 153 g/mol. The average Bonchev–Trinajstić information content (AvgIpc) is 2.43. The molecule has 2 rings (SSSR count). The number of hydrogen-bond acceptors (Lipinski definition) is 1. The molecule has 1 nitrogen and oxygen atoms in total. The minimum atomic E-state index is 0.652. The summed E-state index contributed by atoms with van der Waals surface area (Å²) in [5, 5.41) is 0. The first-order chi connectivity index (χ1) is 5.27. The molecule has 0 N–H and O–H groups in total. The third kappa shape index (κ3) is 1.01. The summed E-state index contributed by atoms with van der Waals surface area (Å²) < 4.78 is 0. The first kappa shape index (κ1) is 7.60. The summed E-state index contributed by atoms with van der Waals surface area (Å²) in [7, 11) is 0. The van der Waals surface area contributed by atoms with E-state index in [4.69, 9.17) is 0 Å². The number of rotatable bonds is 1. The van der Waals surface area contributed by atoms with Crippen LogP contribution >= 0.6 is 0 Å². The van der Waals surface area contributed by atoms with Gasteiger partial charge in [-0.2, -0.15) is 0 Å². The first-order valence-corrected chi connectivity index (χ1v) is 5.02. The fourth-order valence-corrected chi connectivity index (χ4v) is 3.14. The van der Waals surface area contributed by atoms with Crippen LogP contribution < -0.4 is 0 Å². The topological polar surface area (TPSA) is 3.24 Å². The van der Waals surface area contributed by atoms with Gasteiger partial charge in [0.25, 0.3) is 0 Å². The van der Waals surface area contributed by atoms with Gasteiger partial charge in [-0.05, 0) is 38.1 Å². The summed E-state index contributed by atoms with van der Waals surface area (Å²) in [6.45, 7) is 7.50. The van der Waals surface area contributed by atoms with Gasteiger partial charge in [0, 0.05) is 12.1 Å². The Hall–Kier alpha value is -0.0400. The molecule has 2 aliphatic rings. The van der Waals surface area contributed by atoms with Gasteiger partial charge < -0.3 is 0 Å². The third-order valence-corrected chi connectivity index (χ3v) is 3.66. The lowest BCUT2D eigenvalue weighted by Gasteiger charge is -2.30. The van der Waals surface area contributed by atoms with Crippen LogP contribution in [0.4, 0.5) is 0 Å². The fourth-order valence-electron chi connectivity index (χ4n) is 3.14. The Bertz CT molecular complexity index is 155. The van der Waals surface area contributed by atoms with Gasteiger partial charge >= 0.3 is 0 Å². The zero-order valence-electron chi connectivity index (χ0n) is 7.77. The first-order valence-electron chi connectivity index (χ1n) is 5.02. The number of fused-ring (bicyclic) bond motifs is 1. The molecule has 0 aromatic carbocycles. The van der Waals surface area contributed by atoms with Crippen LogP contribution in [0, 0.1) is 5.92 Å². The highest BCUT2D eigenvalue weighted by Crippen LogP contribution is 2.43. The minimum absolute atomic E-state index is 0.652. The SMILES string of the molecule is CC[C@@]12CCCN1C[C@H](C)C2. The Morgan fingerprint density at radius 1 is 1.55 bits per heavy atom. The molecule has 64 valence electrons. The van der Waals surface area contributed by atoms with Crippen LogP contribution in [0.2, 0.25) is 0 Å². The highest BCUT2D eigenvalue weighted by atomic mass is 15.2. The molecule has 0 spiro atoms. The second-order valence-electron chi connectivity index (χ2n) is 4.44. The van der Waals surface area contributed by atoms with Crippen LogP contribution in [0.5, 0.6) is 0 Å². The van der Waals surface area contributed by atoms with Crippen molar-refractivity contribution in [2.24, 2.45) is 5.92 Å². The van der Waals surface area contributed by atoms with Gasteiger partial charge in [0.05, 0.1) is 0 Å². The van der Waals surface area contributed by atoms with E-state index in [9.17, 15) is 0 Å². The summed E-state index contributed by atoms with van der Waals surface area (Å²) in [6.07, 6.45) is 5.75. The van der Waals surface area contributed by atoms with E-state index in [-0.39, 0.29) is 0 Å². The van der Waals surface area contributed by atoms with Gasteiger partial charge in [0.15, 0.2) is 0 Å². The minimum Gasteiger partial charge on any atom is -0.297 e. The molecule has 0 radical (unpaired) electrons. The van der Waals surface area contributed by atoms with Crippen LogP contribution in [0.3, 0.4) is 0 Å². The van der Waals surface area contributed by atoms with Gasteiger partial charge in [-0.25, -0.2) is 0 Å². The quantitative estimate of drug-likeness (QED) is 0.558. The van der Waals surface area contributed by atoms with Crippen LogP contribution in [-0.2, 0) is 0 Å². The van der Waals surface area contributed by atoms with Crippen molar-refractivity contribution in [1.29, 1.82) is 0 Å². The summed E-state index contributed by atoms with van der Waals surface area (Å²) in [5.74, 6) is 0.954. The lowest BCUT2D eigenvalue weighted by atomic mass is 9.88. The maximum Gasteiger partial charge on any atom is 0.0210 e. The van der Waals surface area contributed by atoms with E-state index in [0.29, 0.717) is 5.54 Å². The molecule has 0 aromatic heterocycles. The van der Waals surface area contributed by atoms with Crippen molar-refractivity contribution in [2.75, 3.05) is 13.1 Å². The molecular weight excluding hydrogens is 134 g/mol.